The van der Waals surface area contributed by atoms with E-state index in [1.807, 2.05) is 17.0 Å². The van der Waals surface area contributed by atoms with Crippen molar-refractivity contribution in [2.75, 3.05) is 30.7 Å². The van der Waals surface area contributed by atoms with E-state index in [0.29, 0.717) is 54.3 Å². The van der Waals surface area contributed by atoms with Gasteiger partial charge in [-0.15, -0.1) is 0 Å². The van der Waals surface area contributed by atoms with Crippen LogP contribution in [0.5, 0.6) is 11.5 Å². The summed E-state index contributed by atoms with van der Waals surface area (Å²) in [4.78, 5) is 22.1. The van der Waals surface area contributed by atoms with Gasteiger partial charge >= 0.3 is 0 Å². The monoisotopic (exact) mass is 479 g/mol. The SMILES string of the molecule is C=CC(=O)N1CCC(CNc2ncnc(N)c2-c2ccc(Oc3cccc(C(F)F)c3)cc2)CC1. The summed E-state index contributed by atoms with van der Waals surface area (Å²) in [6.07, 6.45) is 1.99. The van der Waals surface area contributed by atoms with Crippen LogP contribution in [0.4, 0.5) is 20.4 Å². The maximum atomic E-state index is 12.9. The molecule has 1 amide bonds. The van der Waals surface area contributed by atoms with Crippen molar-refractivity contribution in [2.45, 2.75) is 19.3 Å². The fourth-order valence-electron chi connectivity index (χ4n) is 4.08. The average Bonchev–Trinajstić information content (AvgIpc) is 2.88. The van der Waals surface area contributed by atoms with Crippen molar-refractivity contribution in [1.29, 1.82) is 0 Å². The summed E-state index contributed by atoms with van der Waals surface area (Å²) < 4.78 is 31.6. The van der Waals surface area contributed by atoms with Crippen molar-refractivity contribution in [3.63, 3.8) is 0 Å². The first-order valence-electron chi connectivity index (χ1n) is 11.4. The van der Waals surface area contributed by atoms with Gasteiger partial charge in [-0.25, -0.2) is 18.7 Å². The molecular formula is C26H27F2N5O2. The van der Waals surface area contributed by atoms with Crippen LogP contribution in [0, 0.1) is 5.92 Å². The predicted molar refractivity (Wildman–Crippen MR) is 131 cm³/mol. The topological polar surface area (TPSA) is 93.4 Å². The molecule has 0 spiro atoms. The smallest absolute Gasteiger partial charge is 0.263 e. The molecule has 1 saturated heterocycles. The molecule has 1 fully saturated rings. The summed E-state index contributed by atoms with van der Waals surface area (Å²) in [5.41, 5.74) is 7.57. The fraction of sp³-hybridized carbons (Fsp3) is 0.269. The van der Waals surface area contributed by atoms with E-state index in [2.05, 4.69) is 21.9 Å². The van der Waals surface area contributed by atoms with Gasteiger partial charge in [0.2, 0.25) is 5.91 Å². The van der Waals surface area contributed by atoms with E-state index < -0.39 is 6.43 Å². The number of rotatable bonds is 8. The lowest BCUT2D eigenvalue weighted by Crippen LogP contribution is -2.39. The summed E-state index contributed by atoms with van der Waals surface area (Å²) in [7, 11) is 0. The Morgan fingerprint density at radius 3 is 2.60 bits per heavy atom. The molecule has 35 heavy (non-hydrogen) atoms. The number of nitrogens with one attached hydrogen (secondary N) is 1. The largest absolute Gasteiger partial charge is 0.457 e. The molecule has 1 aliphatic heterocycles. The molecular weight excluding hydrogens is 452 g/mol. The lowest BCUT2D eigenvalue weighted by molar-refractivity contribution is -0.127. The highest BCUT2D eigenvalue weighted by molar-refractivity contribution is 5.87. The Labute approximate surface area is 202 Å². The Balaban J connectivity index is 1.43. The Hall–Kier alpha value is -4.01. The van der Waals surface area contributed by atoms with Crippen LogP contribution in [0.1, 0.15) is 24.8 Å². The second-order valence-corrected chi connectivity index (χ2v) is 8.34. The van der Waals surface area contributed by atoms with E-state index in [1.165, 1.54) is 30.6 Å². The Kier molecular flexibility index (Phi) is 7.54. The number of ether oxygens (including phenoxy) is 1. The van der Waals surface area contributed by atoms with Crippen LogP contribution in [0.2, 0.25) is 0 Å². The molecule has 182 valence electrons. The Bertz CT molecular complexity index is 1180. The second-order valence-electron chi connectivity index (χ2n) is 8.34. The molecule has 7 nitrogen and oxygen atoms in total. The van der Waals surface area contributed by atoms with Gasteiger partial charge in [-0.05, 0) is 54.7 Å². The Morgan fingerprint density at radius 2 is 1.91 bits per heavy atom. The molecule has 2 aromatic carbocycles. The van der Waals surface area contributed by atoms with E-state index in [9.17, 15) is 13.6 Å². The summed E-state index contributed by atoms with van der Waals surface area (Å²) in [5.74, 6) is 2.17. The van der Waals surface area contributed by atoms with E-state index >= 15 is 0 Å². The molecule has 3 aromatic rings. The highest BCUT2D eigenvalue weighted by atomic mass is 19.3. The molecule has 4 rings (SSSR count). The van der Waals surface area contributed by atoms with Crippen LogP contribution in [-0.2, 0) is 4.79 Å². The zero-order chi connectivity index (χ0) is 24.8. The molecule has 2 heterocycles. The van der Waals surface area contributed by atoms with Crippen LogP contribution in [0.3, 0.4) is 0 Å². The first kappa shape index (κ1) is 24.1. The molecule has 0 radical (unpaired) electrons. The quantitative estimate of drug-likeness (QED) is 0.427. The predicted octanol–water partition coefficient (Wildman–Crippen LogP) is 5.29. The minimum absolute atomic E-state index is 0.0311. The van der Waals surface area contributed by atoms with Gasteiger partial charge in [0.05, 0.1) is 5.56 Å². The number of aromatic nitrogens is 2. The van der Waals surface area contributed by atoms with Gasteiger partial charge in [0, 0.05) is 25.2 Å². The molecule has 9 heteroatoms. The van der Waals surface area contributed by atoms with E-state index in [1.54, 1.807) is 18.2 Å². The first-order valence-corrected chi connectivity index (χ1v) is 11.4. The summed E-state index contributed by atoms with van der Waals surface area (Å²) in [5, 5.41) is 3.39. The lowest BCUT2D eigenvalue weighted by Gasteiger charge is -2.31. The van der Waals surface area contributed by atoms with Crippen LogP contribution < -0.4 is 15.8 Å². The minimum atomic E-state index is -2.56. The number of halogens is 2. The van der Waals surface area contributed by atoms with E-state index in [0.717, 1.165) is 18.4 Å². The molecule has 0 atom stereocenters. The van der Waals surface area contributed by atoms with Gasteiger partial charge < -0.3 is 20.7 Å². The fourth-order valence-corrected chi connectivity index (χ4v) is 4.08. The normalized spacial score (nSPS) is 14.1. The number of hydrogen-bond donors (Lipinski definition) is 2. The number of alkyl halides is 2. The standard InChI is InChI=1S/C26H27F2N5O2/c1-2-22(34)33-12-10-17(11-13-33)15-30-26-23(25(29)31-16-32-26)18-6-8-20(9-7-18)35-21-5-3-4-19(14-21)24(27)28/h2-9,14,16-17,24H,1,10-13,15H2,(H3,29,30,31,32). The maximum Gasteiger partial charge on any atom is 0.263 e. The van der Waals surface area contributed by atoms with Crippen LogP contribution in [0.25, 0.3) is 11.1 Å². The highest BCUT2D eigenvalue weighted by Crippen LogP contribution is 2.33. The van der Waals surface area contributed by atoms with E-state index in [4.69, 9.17) is 10.5 Å². The second kappa shape index (κ2) is 10.9. The minimum Gasteiger partial charge on any atom is -0.457 e. The van der Waals surface area contributed by atoms with Crippen molar-refractivity contribution in [2.24, 2.45) is 5.92 Å². The van der Waals surface area contributed by atoms with Crippen molar-refractivity contribution >= 4 is 17.5 Å². The third-order valence-corrected chi connectivity index (χ3v) is 6.02. The number of nitrogens with two attached hydrogens (primary N) is 1. The summed E-state index contributed by atoms with van der Waals surface area (Å²) >= 11 is 0. The maximum absolute atomic E-state index is 12.9. The number of nitrogen functional groups attached to an aromatic ring is 1. The third kappa shape index (κ3) is 5.92. The number of benzene rings is 2. The van der Waals surface area contributed by atoms with Gasteiger partial charge in [0.25, 0.3) is 6.43 Å². The number of carbonyl (C=O) groups is 1. The van der Waals surface area contributed by atoms with Crippen molar-refractivity contribution in [1.82, 2.24) is 14.9 Å². The van der Waals surface area contributed by atoms with Gasteiger partial charge in [-0.3, -0.25) is 4.79 Å². The molecule has 1 aromatic heterocycles. The highest BCUT2D eigenvalue weighted by Gasteiger charge is 2.22. The summed E-state index contributed by atoms with van der Waals surface area (Å²) in [6, 6.07) is 13.0. The molecule has 0 unspecified atom stereocenters. The third-order valence-electron chi connectivity index (χ3n) is 6.02. The van der Waals surface area contributed by atoms with Crippen LogP contribution in [0.15, 0.2) is 67.5 Å². The molecule has 1 aliphatic rings. The van der Waals surface area contributed by atoms with Gasteiger partial charge in [-0.2, -0.15) is 0 Å². The molecule has 0 bridgehead atoms. The number of likely N-dealkylation sites (tertiary alicyclic amines) is 1. The van der Waals surface area contributed by atoms with Gasteiger partial charge in [0.1, 0.15) is 29.5 Å². The molecule has 0 saturated carbocycles. The van der Waals surface area contributed by atoms with Gasteiger partial charge in [-0.1, -0.05) is 30.8 Å². The van der Waals surface area contributed by atoms with Crippen molar-refractivity contribution in [3.8, 4) is 22.6 Å². The zero-order valence-corrected chi connectivity index (χ0v) is 19.2. The number of anilines is 2. The number of amides is 1. The molecule has 3 N–H and O–H groups in total. The lowest BCUT2D eigenvalue weighted by atomic mass is 9.96. The van der Waals surface area contributed by atoms with Gasteiger partial charge in [0.15, 0.2) is 0 Å². The van der Waals surface area contributed by atoms with E-state index in [-0.39, 0.29) is 11.5 Å². The number of nitrogens with zero attached hydrogens (tertiary/aromatic N) is 3. The van der Waals surface area contributed by atoms with Crippen molar-refractivity contribution in [3.05, 3.63) is 73.1 Å². The van der Waals surface area contributed by atoms with Crippen molar-refractivity contribution < 1.29 is 18.3 Å². The molecule has 0 aliphatic carbocycles. The number of piperidine rings is 1. The zero-order valence-electron chi connectivity index (χ0n) is 19.2. The number of hydrogen-bond acceptors (Lipinski definition) is 6. The van der Waals surface area contributed by atoms with Crippen LogP contribution >= 0.6 is 0 Å². The number of carbonyl (C=O) groups excluding carboxylic acids is 1. The average molecular weight is 480 g/mol. The first-order chi connectivity index (χ1) is 16.9. The Morgan fingerprint density at radius 1 is 1.17 bits per heavy atom. The summed E-state index contributed by atoms with van der Waals surface area (Å²) in [6.45, 7) is 5.66. The van der Waals surface area contributed by atoms with Crippen LogP contribution in [-0.4, -0.2) is 40.4 Å².